The number of aromatic carboxylic acids is 1. The summed E-state index contributed by atoms with van der Waals surface area (Å²) in [6.45, 7) is 0. The number of rotatable bonds is 4. The van der Waals surface area contributed by atoms with Crippen molar-refractivity contribution in [3.05, 3.63) is 17.8 Å². The third-order valence-electron chi connectivity index (χ3n) is 1.36. The first-order chi connectivity index (χ1) is 6.19. The van der Waals surface area contributed by atoms with Gasteiger partial charge in [0.25, 0.3) is 5.89 Å². The SMILES string of the molecule is COC(OC)c1ncc(C(=O)O)o1. The summed E-state index contributed by atoms with van der Waals surface area (Å²) in [4.78, 5) is 14.1. The molecule has 0 aromatic carbocycles. The van der Waals surface area contributed by atoms with E-state index in [4.69, 9.17) is 19.0 Å². The Balaban J connectivity index is 2.84. The summed E-state index contributed by atoms with van der Waals surface area (Å²) >= 11 is 0. The van der Waals surface area contributed by atoms with Gasteiger partial charge in [0.2, 0.25) is 12.1 Å². The van der Waals surface area contributed by atoms with E-state index in [-0.39, 0.29) is 11.7 Å². The predicted octanol–water partition coefficient (Wildman–Crippen LogP) is 0.664. The van der Waals surface area contributed by atoms with Gasteiger partial charge in [0.1, 0.15) is 0 Å². The van der Waals surface area contributed by atoms with Gasteiger partial charge in [0.15, 0.2) is 0 Å². The first kappa shape index (κ1) is 9.69. The van der Waals surface area contributed by atoms with Crippen LogP contribution in [0.15, 0.2) is 10.6 Å². The van der Waals surface area contributed by atoms with E-state index >= 15 is 0 Å². The highest BCUT2D eigenvalue weighted by Crippen LogP contribution is 2.16. The number of carboxylic acid groups (broad SMARTS) is 1. The molecule has 0 amide bonds. The summed E-state index contributed by atoms with van der Waals surface area (Å²) in [5.74, 6) is -1.33. The maximum absolute atomic E-state index is 10.4. The second kappa shape index (κ2) is 4.01. The van der Waals surface area contributed by atoms with Crippen LogP contribution in [0, 0.1) is 0 Å². The lowest BCUT2D eigenvalue weighted by molar-refractivity contribution is -0.121. The molecule has 0 saturated heterocycles. The van der Waals surface area contributed by atoms with Gasteiger partial charge in [0, 0.05) is 14.2 Å². The quantitative estimate of drug-likeness (QED) is 0.697. The molecule has 0 atom stereocenters. The lowest BCUT2D eigenvalue weighted by atomic mass is 10.5. The van der Waals surface area contributed by atoms with Gasteiger partial charge < -0.3 is 19.0 Å². The van der Waals surface area contributed by atoms with E-state index in [1.165, 1.54) is 14.2 Å². The van der Waals surface area contributed by atoms with Crippen molar-refractivity contribution in [1.82, 2.24) is 4.98 Å². The number of aromatic nitrogens is 1. The number of ether oxygens (including phenoxy) is 2. The molecule has 1 aromatic rings. The van der Waals surface area contributed by atoms with Crippen LogP contribution in [0.1, 0.15) is 22.7 Å². The summed E-state index contributed by atoms with van der Waals surface area (Å²) < 4.78 is 14.4. The average Bonchev–Trinajstić information content (AvgIpc) is 2.56. The molecule has 0 unspecified atom stereocenters. The van der Waals surface area contributed by atoms with Crippen LogP contribution in [0.25, 0.3) is 0 Å². The fourth-order valence-corrected chi connectivity index (χ4v) is 0.793. The molecular formula is C7H9NO5. The molecule has 6 heteroatoms. The zero-order valence-corrected chi connectivity index (χ0v) is 7.18. The van der Waals surface area contributed by atoms with Gasteiger partial charge in [0.05, 0.1) is 6.20 Å². The fourth-order valence-electron chi connectivity index (χ4n) is 0.793. The molecule has 0 bridgehead atoms. The van der Waals surface area contributed by atoms with Crippen LogP contribution in [-0.4, -0.2) is 30.3 Å². The molecule has 0 aliphatic heterocycles. The number of hydrogen-bond acceptors (Lipinski definition) is 5. The molecule has 1 aromatic heterocycles. The Morgan fingerprint density at radius 3 is 2.62 bits per heavy atom. The topological polar surface area (TPSA) is 81.8 Å². The number of oxazole rings is 1. The Labute approximate surface area is 74.1 Å². The number of hydrogen-bond donors (Lipinski definition) is 1. The van der Waals surface area contributed by atoms with Crippen molar-refractivity contribution >= 4 is 5.97 Å². The summed E-state index contributed by atoms with van der Waals surface area (Å²) in [6, 6.07) is 0. The molecule has 13 heavy (non-hydrogen) atoms. The van der Waals surface area contributed by atoms with Crippen molar-refractivity contribution in [2.24, 2.45) is 0 Å². The molecule has 0 aliphatic carbocycles. The van der Waals surface area contributed by atoms with Crippen molar-refractivity contribution in [1.29, 1.82) is 0 Å². The highest BCUT2D eigenvalue weighted by atomic mass is 16.7. The fraction of sp³-hybridized carbons (Fsp3) is 0.429. The zero-order valence-electron chi connectivity index (χ0n) is 7.18. The van der Waals surface area contributed by atoms with E-state index < -0.39 is 12.3 Å². The largest absolute Gasteiger partial charge is 0.475 e. The van der Waals surface area contributed by atoms with Gasteiger partial charge >= 0.3 is 5.97 Å². The summed E-state index contributed by atoms with van der Waals surface area (Å²) in [6.07, 6.45) is 0.330. The minimum absolute atomic E-state index is 0.0856. The second-order valence-corrected chi connectivity index (χ2v) is 2.17. The molecule has 1 N–H and O–H groups in total. The molecule has 6 nitrogen and oxygen atoms in total. The minimum atomic E-state index is -1.18. The van der Waals surface area contributed by atoms with E-state index in [2.05, 4.69) is 4.98 Å². The van der Waals surface area contributed by atoms with E-state index in [1.807, 2.05) is 0 Å². The third-order valence-corrected chi connectivity index (χ3v) is 1.36. The summed E-state index contributed by atoms with van der Waals surface area (Å²) in [5.41, 5.74) is 0. The predicted molar refractivity (Wildman–Crippen MR) is 40.2 cm³/mol. The van der Waals surface area contributed by atoms with Gasteiger partial charge in [-0.05, 0) is 0 Å². The molecule has 0 saturated carbocycles. The van der Waals surface area contributed by atoms with Gasteiger partial charge in [-0.2, -0.15) is 0 Å². The molecule has 1 rings (SSSR count). The zero-order chi connectivity index (χ0) is 9.84. The Bertz CT molecular complexity index is 291. The van der Waals surface area contributed by atoms with Crippen LogP contribution in [0.3, 0.4) is 0 Å². The average molecular weight is 187 g/mol. The van der Waals surface area contributed by atoms with Crippen LogP contribution >= 0.6 is 0 Å². The van der Waals surface area contributed by atoms with Crippen LogP contribution in [0.4, 0.5) is 0 Å². The Hall–Kier alpha value is -1.40. The Morgan fingerprint density at radius 2 is 2.23 bits per heavy atom. The standard InChI is InChI=1S/C7H9NO5/c1-11-7(12-2)5-8-3-4(13-5)6(9)10/h3,7H,1-2H3,(H,9,10). The summed E-state index contributed by atoms with van der Waals surface area (Å²) in [5, 5.41) is 8.51. The molecule has 1 heterocycles. The van der Waals surface area contributed by atoms with Crippen molar-refractivity contribution < 1.29 is 23.8 Å². The summed E-state index contributed by atoms with van der Waals surface area (Å²) in [7, 11) is 2.80. The van der Waals surface area contributed by atoms with Gasteiger partial charge in [-0.25, -0.2) is 9.78 Å². The molecule has 72 valence electrons. The van der Waals surface area contributed by atoms with Crippen LogP contribution < -0.4 is 0 Å². The first-order valence-corrected chi connectivity index (χ1v) is 3.43. The lowest BCUT2D eigenvalue weighted by Gasteiger charge is -2.07. The van der Waals surface area contributed by atoms with Crippen molar-refractivity contribution in [3.8, 4) is 0 Å². The first-order valence-electron chi connectivity index (χ1n) is 3.43. The maximum atomic E-state index is 10.4. The van der Waals surface area contributed by atoms with Crippen molar-refractivity contribution in [2.45, 2.75) is 6.29 Å². The van der Waals surface area contributed by atoms with Crippen molar-refractivity contribution in [2.75, 3.05) is 14.2 Å². The number of methoxy groups -OCH3 is 2. The second-order valence-electron chi connectivity index (χ2n) is 2.17. The van der Waals surface area contributed by atoms with E-state index in [1.54, 1.807) is 0 Å². The molecule has 0 radical (unpaired) electrons. The molecular weight excluding hydrogens is 178 g/mol. The van der Waals surface area contributed by atoms with E-state index in [0.717, 1.165) is 6.20 Å². The monoisotopic (exact) mass is 187 g/mol. The third kappa shape index (κ3) is 2.04. The highest BCUT2D eigenvalue weighted by molar-refractivity contribution is 5.83. The van der Waals surface area contributed by atoms with Crippen LogP contribution in [0.5, 0.6) is 0 Å². The smallest absolute Gasteiger partial charge is 0.373 e. The van der Waals surface area contributed by atoms with E-state index in [0.29, 0.717) is 0 Å². The Kier molecular flexibility index (Phi) is 2.99. The molecule has 0 aliphatic rings. The van der Waals surface area contributed by atoms with E-state index in [9.17, 15) is 4.79 Å². The van der Waals surface area contributed by atoms with Crippen molar-refractivity contribution in [3.63, 3.8) is 0 Å². The lowest BCUT2D eigenvalue weighted by Crippen LogP contribution is -2.03. The van der Waals surface area contributed by atoms with Gasteiger partial charge in [-0.1, -0.05) is 0 Å². The van der Waals surface area contributed by atoms with Crippen LogP contribution in [-0.2, 0) is 9.47 Å². The van der Waals surface area contributed by atoms with Gasteiger partial charge in [-0.3, -0.25) is 0 Å². The number of carbonyl (C=O) groups is 1. The highest BCUT2D eigenvalue weighted by Gasteiger charge is 2.18. The van der Waals surface area contributed by atoms with Gasteiger partial charge in [-0.15, -0.1) is 0 Å². The minimum Gasteiger partial charge on any atom is -0.475 e. The number of carboxylic acids is 1. The number of nitrogens with zero attached hydrogens (tertiary/aromatic N) is 1. The Morgan fingerprint density at radius 1 is 1.62 bits per heavy atom. The van der Waals surface area contributed by atoms with Crippen LogP contribution in [0.2, 0.25) is 0 Å². The molecule has 0 fully saturated rings. The molecule has 0 spiro atoms. The normalized spacial score (nSPS) is 10.7. The maximum Gasteiger partial charge on any atom is 0.373 e.